The molecule has 3 heterocycles. The fourth-order valence-corrected chi connectivity index (χ4v) is 4.01. The molecule has 0 radical (unpaired) electrons. The molecule has 0 atom stereocenters. The van der Waals surface area contributed by atoms with Crippen molar-refractivity contribution in [3.05, 3.63) is 22.8 Å². The minimum Gasteiger partial charge on any atom is -0.491 e. The van der Waals surface area contributed by atoms with Gasteiger partial charge in [-0.25, -0.2) is 14.8 Å². The van der Waals surface area contributed by atoms with E-state index in [9.17, 15) is 4.79 Å². The number of hydrogen-bond donors (Lipinski definition) is 2. The van der Waals surface area contributed by atoms with E-state index in [1.807, 2.05) is 13.0 Å². The summed E-state index contributed by atoms with van der Waals surface area (Å²) in [4.78, 5) is 24.2. The van der Waals surface area contributed by atoms with Crippen molar-refractivity contribution in [2.45, 2.75) is 26.3 Å². The lowest BCUT2D eigenvalue weighted by Gasteiger charge is -2.28. The van der Waals surface area contributed by atoms with E-state index in [1.54, 1.807) is 20.4 Å². The van der Waals surface area contributed by atoms with Crippen molar-refractivity contribution < 1.29 is 19.0 Å². The molecule has 0 bridgehead atoms. The third kappa shape index (κ3) is 5.48. The largest absolute Gasteiger partial charge is 0.491 e. The number of hydrogen-bond acceptors (Lipinski definition) is 8. The number of methoxy groups -OCH3 is 2. The highest BCUT2D eigenvalue weighted by atomic mass is 32.1. The lowest BCUT2D eigenvalue weighted by Crippen LogP contribution is -2.31. The SMILES string of the molecule is CCCOCCNC(=O)Nc1nc2c(s1)CN(c1cnc(OC)c(OC)c1)CC2. The zero-order chi connectivity index (χ0) is 20.6. The van der Waals surface area contributed by atoms with E-state index < -0.39 is 0 Å². The maximum Gasteiger partial charge on any atom is 0.321 e. The smallest absolute Gasteiger partial charge is 0.321 e. The number of nitrogens with zero attached hydrogens (tertiary/aromatic N) is 3. The summed E-state index contributed by atoms with van der Waals surface area (Å²) in [7, 11) is 3.16. The zero-order valence-corrected chi connectivity index (χ0v) is 17.8. The predicted octanol–water partition coefficient (Wildman–Crippen LogP) is 2.67. The normalized spacial score (nSPS) is 13.0. The molecule has 10 heteroatoms. The van der Waals surface area contributed by atoms with Crippen LogP contribution in [0, 0.1) is 0 Å². The first-order valence-corrected chi connectivity index (χ1v) is 10.4. The molecule has 158 valence electrons. The number of carbonyl (C=O) groups is 1. The molecule has 1 aliphatic heterocycles. The second kappa shape index (κ2) is 10.3. The molecule has 1 aliphatic rings. The number of fused-ring (bicyclic) bond motifs is 1. The number of carbonyl (C=O) groups excluding carboxylic acids is 1. The first-order valence-electron chi connectivity index (χ1n) is 9.58. The number of urea groups is 1. The van der Waals surface area contributed by atoms with E-state index in [0.29, 0.717) is 43.1 Å². The van der Waals surface area contributed by atoms with E-state index in [-0.39, 0.29) is 6.03 Å². The Bertz CT molecular complexity index is 829. The number of thiazole rings is 1. The van der Waals surface area contributed by atoms with Crippen LogP contribution in [-0.4, -0.2) is 56.5 Å². The van der Waals surface area contributed by atoms with Crippen LogP contribution in [-0.2, 0) is 17.7 Å². The van der Waals surface area contributed by atoms with Gasteiger partial charge in [-0.2, -0.15) is 0 Å². The van der Waals surface area contributed by atoms with Crippen molar-refractivity contribution in [3.8, 4) is 11.6 Å². The molecular weight excluding hydrogens is 394 g/mol. The maximum absolute atomic E-state index is 12.0. The maximum atomic E-state index is 12.0. The van der Waals surface area contributed by atoms with Crippen LogP contribution in [0.25, 0.3) is 0 Å². The second-order valence-corrected chi connectivity index (χ2v) is 7.54. The molecule has 3 rings (SSSR count). The first kappa shape index (κ1) is 21.1. The molecule has 2 amide bonds. The van der Waals surface area contributed by atoms with Crippen LogP contribution in [0.5, 0.6) is 11.6 Å². The average Bonchev–Trinajstić information content (AvgIpc) is 3.14. The number of aromatic nitrogens is 2. The molecule has 2 aromatic rings. The summed E-state index contributed by atoms with van der Waals surface area (Å²) >= 11 is 1.49. The first-order chi connectivity index (χ1) is 14.1. The predicted molar refractivity (Wildman–Crippen MR) is 112 cm³/mol. The molecule has 0 aromatic carbocycles. The zero-order valence-electron chi connectivity index (χ0n) is 17.0. The van der Waals surface area contributed by atoms with Crippen LogP contribution in [0.1, 0.15) is 23.9 Å². The number of amides is 2. The molecule has 0 unspecified atom stereocenters. The van der Waals surface area contributed by atoms with Crippen molar-refractivity contribution in [1.29, 1.82) is 0 Å². The summed E-state index contributed by atoms with van der Waals surface area (Å²) in [6.45, 7) is 5.25. The highest BCUT2D eigenvalue weighted by Crippen LogP contribution is 2.33. The number of pyridine rings is 1. The van der Waals surface area contributed by atoms with Gasteiger partial charge in [-0.05, 0) is 6.42 Å². The van der Waals surface area contributed by atoms with E-state index in [4.69, 9.17) is 14.2 Å². The van der Waals surface area contributed by atoms with Crippen LogP contribution < -0.4 is 25.0 Å². The number of anilines is 2. The van der Waals surface area contributed by atoms with Gasteiger partial charge in [-0.3, -0.25) is 5.32 Å². The van der Waals surface area contributed by atoms with Gasteiger partial charge in [-0.15, -0.1) is 0 Å². The van der Waals surface area contributed by atoms with Gasteiger partial charge < -0.3 is 24.4 Å². The quantitative estimate of drug-likeness (QED) is 0.601. The van der Waals surface area contributed by atoms with Crippen molar-refractivity contribution >= 4 is 28.2 Å². The Kier molecular flexibility index (Phi) is 7.48. The van der Waals surface area contributed by atoms with Crippen LogP contribution in [0.15, 0.2) is 12.3 Å². The summed E-state index contributed by atoms with van der Waals surface area (Å²) in [5.41, 5.74) is 1.99. The third-order valence-corrected chi connectivity index (χ3v) is 5.41. The van der Waals surface area contributed by atoms with E-state index >= 15 is 0 Å². The monoisotopic (exact) mass is 421 g/mol. The summed E-state index contributed by atoms with van der Waals surface area (Å²) < 4.78 is 15.9. The van der Waals surface area contributed by atoms with Gasteiger partial charge in [0.15, 0.2) is 10.9 Å². The Labute approximate surface area is 174 Å². The molecule has 0 saturated heterocycles. The number of rotatable bonds is 9. The molecule has 2 aromatic heterocycles. The van der Waals surface area contributed by atoms with Crippen LogP contribution >= 0.6 is 11.3 Å². The third-order valence-electron chi connectivity index (χ3n) is 4.41. The van der Waals surface area contributed by atoms with Gasteiger partial charge in [0.2, 0.25) is 0 Å². The van der Waals surface area contributed by atoms with Crippen molar-refractivity contribution in [1.82, 2.24) is 15.3 Å². The van der Waals surface area contributed by atoms with E-state index in [0.717, 1.165) is 35.6 Å². The van der Waals surface area contributed by atoms with Crippen LogP contribution in [0.4, 0.5) is 15.6 Å². The molecule has 0 aliphatic carbocycles. The van der Waals surface area contributed by atoms with Gasteiger partial charge in [0.25, 0.3) is 5.88 Å². The van der Waals surface area contributed by atoms with Gasteiger partial charge in [0, 0.05) is 37.1 Å². The van der Waals surface area contributed by atoms with E-state index in [2.05, 4.69) is 25.5 Å². The molecule has 2 N–H and O–H groups in total. The van der Waals surface area contributed by atoms with Gasteiger partial charge >= 0.3 is 6.03 Å². The van der Waals surface area contributed by atoms with Crippen LogP contribution in [0.2, 0.25) is 0 Å². The Morgan fingerprint density at radius 3 is 2.93 bits per heavy atom. The summed E-state index contributed by atoms with van der Waals surface area (Å²) in [6.07, 6.45) is 3.54. The Morgan fingerprint density at radius 2 is 2.17 bits per heavy atom. The minimum atomic E-state index is -0.267. The molecule has 29 heavy (non-hydrogen) atoms. The Hall–Kier alpha value is -2.59. The topological polar surface area (TPSA) is 97.8 Å². The highest BCUT2D eigenvalue weighted by Gasteiger charge is 2.23. The number of ether oxygens (including phenoxy) is 3. The Morgan fingerprint density at radius 1 is 1.31 bits per heavy atom. The molecule has 9 nitrogen and oxygen atoms in total. The number of nitrogens with one attached hydrogen (secondary N) is 2. The molecular formula is C19H27N5O4S. The molecule has 0 spiro atoms. The minimum absolute atomic E-state index is 0.267. The Balaban J connectivity index is 1.57. The van der Waals surface area contributed by atoms with Crippen molar-refractivity contribution in [2.24, 2.45) is 0 Å². The molecule has 0 fully saturated rings. The van der Waals surface area contributed by atoms with E-state index in [1.165, 1.54) is 11.3 Å². The van der Waals surface area contributed by atoms with Gasteiger partial charge in [-0.1, -0.05) is 18.3 Å². The summed E-state index contributed by atoms with van der Waals surface area (Å²) in [5.74, 6) is 1.06. The summed E-state index contributed by atoms with van der Waals surface area (Å²) in [5, 5.41) is 6.19. The van der Waals surface area contributed by atoms with Crippen molar-refractivity contribution in [2.75, 3.05) is 50.7 Å². The highest BCUT2D eigenvalue weighted by molar-refractivity contribution is 7.15. The fourth-order valence-electron chi connectivity index (χ4n) is 2.99. The van der Waals surface area contributed by atoms with Crippen molar-refractivity contribution in [3.63, 3.8) is 0 Å². The lowest BCUT2D eigenvalue weighted by atomic mass is 10.1. The average molecular weight is 422 g/mol. The van der Waals surface area contributed by atoms with Crippen LogP contribution in [0.3, 0.4) is 0 Å². The van der Waals surface area contributed by atoms with Gasteiger partial charge in [0.1, 0.15) is 0 Å². The lowest BCUT2D eigenvalue weighted by molar-refractivity contribution is 0.137. The summed E-state index contributed by atoms with van der Waals surface area (Å²) in [6, 6.07) is 1.66. The molecule has 0 saturated carbocycles. The standard InChI is InChI=1S/C19H27N5O4S/c1-4-8-28-9-6-20-18(25)23-19-22-14-5-7-24(12-16(14)29-19)13-10-15(26-2)17(27-3)21-11-13/h10-11H,4-9,12H2,1-3H3,(H2,20,22,23,25). The van der Waals surface area contributed by atoms with Gasteiger partial charge in [0.05, 0.1) is 44.9 Å². The second-order valence-electron chi connectivity index (χ2n) is 6.46. The fraction of sp³-hybridized carbons (Fsp3) is 0.526.